The van der Waals surface area contributed by atoms with E-state index < -0.39 is 0 Å². The van der Waals surface area contributed by atoms with Crippen LogP contribution in [-0.4, -0.2) is 0 Å². The predicted molar refractivity (Wildman–Crippen MR) is 99.5 cm³/mol. The van der Waals surface area contributed by atoms with Crippen LogP contribution in [0.1, 0.15) is 59.3 Å². The number of nitrogens with two attached hydrogens (primary N) is 1. The molecule has 0 fully saturated rings. The molecular weight excluding hydrogens is 266 g/mol. The third-order valence-corrected chi connectivity index (χ3v) is 4.46. The quantitative estimate of drug-likeness (QED) is 0.467. The summed E-state index contributed by atoms with van der Waals surface area (Å²) in [4.78, 5) is 0. The van der Waals surface area contributed by atoms with E-state index in [9.17, 15) is 0 Å². The lowest BCUT2D eigenvalue weighted by atomic mass is 9.83. The Labute approximate surface area is 137 Å². The highest BCUT2D eigenvalue weighted by Gasteiger charge is 2.21. The van der Waals surface area contributed by atoms with E-state index in [4.69, 9.17) is 5.73 Å². The largest absolute Gasteiger partial charge is 0.405 e. The molecule has 1 nitrogen and oxygen atoms in total. The Morgan fingerprint density at radius 2 is 2.09 bits per heavy atom. The molecule has 1 atom stereocenters. The lowest BCUT2D eigenvalue weighted by molar-refractivity contribution is 0.414. The first-order valence-corrected chi connectivity index (χ1v) is 8.53. The van der Waals surface area contributed by atoms with Crippen molar-refractivity contribution in [1.29, 1.82) is 0 Å². The Morgan fingerprint density at radius 3 is 2.73 bits per heavy atom. The third kappa shape index (κ3) is 6.98. The first-order valence-electron chi connectivity index (χ1n) is 8.53. The molecule has 0 heterocycles. The topological polar surface area (TPSA) is 26.0 Å². The molecule has 0 aromatic heterocycles. The van der Waals surface area contributed by atoms with Crippen LogP contribution >= 0.6 is 0 Å². The van der Waals surface area contributed by atoms with Crippen LogP contribution in [0.2, 0.25) is 0 Å². The maximum Gasteiger partial charge on any atom is -0.00624 e. The maximum atomic E-state index is 5.37. The minimum absolute atomic E-state index is 0.333. The fourth-order valence-corrected chi connectivity index (χ4v) is 3.06. The average molecular weight is 300 g/mol. The molecule has 22 heavy (non-hydrogen) atoms. The first kappa shape index (κ1) is 18.5. The van der Waals surface area contributed by atoms with E-state index >= 15 is 0 Å². The minimum Gasteiger partial charge on any atom is -0.405 e. The van der Waals surface area contributed by atoms with Gasteiger partial charge in [-0.15, -0.1) is 0 Å². The summed E-state index contributed by atoms with van der Waals surface area (Å²) in [6.07, 6.45) is 21.6. The Balaban J connectivity index is 2.51. The van der Waals surface area contributed by atoms with Gasteiger partial charge in [0.25, 0.3) is 0 Å². The molecular formula is C21H33N. The molecule has 0 spiro atoms. The fourth-order valence-electron chi connectivity index (χ4n) is 3.06. The number of hydrogen-bond acceptors (Lipinski definition) is 1. The SMILES string of the molecule is C=C\C=C(/C=C\C=C\N)CCC1CCC=C(C(C)(C)C)CC1. The zero-order chi connectivity index (χ0) is 16.4. The van der Waals surface area contributed by atoms with Crippen molar-refractivity contribution >= 4 is 0 Å². The lowest BCUT2D eigenvalue weighted by Crippen LogP contribution is -2.09. The summed E-state index contributed by atoms with van der Waals surface area (Å²) in [6, 6.07) is 0. The highest BCUT2D eigenvalue weighted by atomic mass is 14.5. The van der Waals surface area contributed by atoms with E-state index in [1.165, 1.54) is 37.7 Å². The van der Waals surface area contributed by atoms with Crippen LogP contribution < -0.4 is 5.73 Å². The van der Waals surface area contributed by atoms with Gasteiger partial charge in [0, 0.05) is 0 Å². The average Bonchev–Trinajstić information content (AvgIpc) is 2.70. The van der Waals surface area contributed by atoms with Crippen molar-refractivity contribution in [2.75, 3.05) is 0 Å². The summed E-state index contributed by atoms with van der Waals surface area (Å²) in [6.45, 7) is 10.8. The van der Waals surface area contributed by atoms with Crippen LogP contribution in [0.4, 0.5) is 0 Å². The van der Waals surface area contributed by atoms with E-state index in [1.54, 1.807) is 11.8 Å². The van der Waals surface area contributed by atoms with Crippen LogP contribution in [0.25, 0.3) is 0 Å². The van der Waals surface area contributed by atoms with Crippen molar-refractivity contribution in [3.05, 3.63) is 60.4 Å². The van der Waals surface area contributed by atoms with E-state index in [1.807, 2.05) is 18.2 Å². The second-order valence-electron chi connectivity index (χ2n) is 7.22. The number of allylic oxidation sites excluding steroid dienone is 8. The van der Waals surface area contributed by atoms with Crippen molar-refractivity contribution in [2.45, 2.75) is 59.3 Å². The molecule has 1 rings (SSSR count). The van der Waals surface area contributed by atoms with Gasteiger partial charge in [-0.2, -0.15) is 0 Å². The molecule has 1 unspecified atom stereocenters. The van der Waals surface area contributed by atoms with Gasteiger partial charge >= 0.3 is 0 Å². The van der Waals surface area contributed by atoms with Gasteiger partial charge in [-0.3, -0.25) is 0 Å². The summed E-state index contributed by atoms with van der Waals surface area (Å²) >= 11 is 0. The predicted octanol–water partition coefficient (Wildman–Crippen LogP) is 6.07. The summed E-state index contributed by atoms with van der Waals surface area (Å²) in [5, 5.41) is 0. The molecule has 122 valence electrons. The van der Waals surface area contributed by atoms with Gasteiger partial charge in [-0.25, -0.2) is 0 Å². The van der Waals surface area contributed by atoms with Gasteiger partial charge < -0.3 is 5.73 Å². The molecule has 0 aromatic rings. The van der Waals surface area contributed by atoms with E-state index in [0.29, 0.717) is 5.41 Å². The molecule has 0 saturated heterocycles. The lowest BCUT2D eigenvalue weighted by Gasteiger charge is -2.23. The van der Waals surface area contributed by atoms with Crippen LogP contribution in [0.5, 0.6) is 0 Å². The van der Waals surface area contributed by atoms with Crippen molar-refractivity contribution in [3.63, 3.8) is 0 Å². The van der Waals surface area contributed by atoms with Gasteiger partial charge in [0.2, 0.25) is 0 Å². The van der Waals surface area contributed by atoms with Crippen LogP contribution in [0.15, 0.2) is 60.4 Å². The van der Waals surface area contributed by atoms with Gasteiger partial charge in [-0.05, 0) is 67.7 Å². The van der Waals surface area contributed by atoms with Gasteiger partial charge in [0.05, 0.1) is 0 Å². The second kappa shape index (κ2) is 9.50. The van der Waals surface area contributed by atoms with Gasteiger partial charge in [-0.1, -0.05) is 63.3 Å². The smallest absolute Gasteiger partial charge is 0.00624 e. The standard InChI is InChI=1S/C21H33N/c1-5-9-18(10-6-7-17-22)13-14-19-11-8-12-20(16-15-19)21(2,3)4/h5-7,9-10,12,17,19H,1,8,11,13-16,22H2,2-4H3/b10-6-,17-7+,18-9+. The zero-order valence-corrected chi connectivity index (χ0v) is 14.6. The molecule has 1 aliphatic rings. The van der Waals surface area contributed by atoms with Crippen LogP contribution in [-0.2, 0) is 0 Å². The summed E-state index contributed by atoms with van der Waals surface area (Å²) in [5.74, 6) is 0.836. The van der Waals surface area contributed by atoms with Gasteiger partial charge in [0.1, 0.15) is 0 Å². The molecule has 0 saturated carbocycles. The Morgan fingerprint density at radius 1 is 1.32 bits per heavy atom. The van der Waals surface area contributed by atoms with Crippen molar-refractivity contribution in [3.8, 4) is 0 Å². The minimum atomic E-state index is 0.333. The van der Waals surface area contributed by atoms with Crippen molar-refractivity contribution in [1.82, 2.24) is 0 Å². The normalized spacial score (nSPS) is 21.1. The van der Waals surface area contributed by atoms with Gasteiger partial charge in [0.15, 0.2) is 0 Å². The maximum absolute atomic E-state index is 5.37. The molecule has 0 aromatic carbocycles. The van der Waals surface area contributed by atoms with E-state index in [2.05, 4.69) is 45.6 Å². The second-order valence-corrected chi connectivity index (χ2v) is 7.22. The van der Waals surface area contributed by atoms with Crippen LogP contribution in [0.3, 0.4) is 0 Å². The van der Waals surface area contributed by atoms with E-state index in [-0.39, 0.29) is 0 Å². The zero-order valence-electron chi connectivity index (χ0n) is 14.6. The van der Waals surface area contributed by atoms with Crippen molar-refractivity contribution < 1.29 is 0 Å². The molecule has 0 radical (unpaired) electrons. The summed E-state index contributed by atoms with van der Waals surface area (Å²) in [5.41, 5.74) is 8.68. The molecule has 1 aliphatic carbocycles. The highest BCUT2D eigenvalue weighted by Crippen LogP contribution is 2.35. The highest BCUT2D eigenvalue weighted by molar-refractivity contribution is 5.25. The van der Waals surface area contributed by atoms with E-state index in [0.717, 1.165) is 12.3 Å². The fraction of sp³-hybridized carbons (Fsp3) is 0.524. The summed E-state index contributed by atoms with van der Waals surface area (Å²) < 4.78 is 0. The molecule has 1 heteroatoms. The monoisotopic (exact) mass is 299 g/mol. The molecule has 0 aliphatic heterocycles. The summed E-state index contributed by atoms with van der Waals surface area (Å²) in [7, 11) is 0. The van der Waals surface area contributed by atoms with Crippen molar-refractivity contribution in [2.24, 2.45) is 17.1 Å². The molecule has 2 N–H and O–H groups in total. The third-order valence-electron chi connectivity index (χ3n) is 4.46. The van der Waals surface area contributed by atoms with Crippen LogP contribution in [0, 0.1) is 11.3 Å². The Hall–Kier alpha value is -1.50. The number of rotatable bonds is 6. The Kier molecular flexibility index (Phi) is 8.01. The molecule has 0 bridgehead atoms. The first-order chi connectivity index (χ1) is 10.5. The Bertz CT molecular complexity index is 455. The molecule has 0 amide bonds. The number of hydrogen-bond donors (Lipinski definition) is 1.